The first-order chi connectivity index (χ1) is 8.28. The van der Waals surface area contributed by atoms with E-state index in [1.54, 1.807) is 6.07 Å². The van der Waals surface area contributed by atoms with Crippen molar-refractivity contribution in [2.24, 2.45) is 0 Å². The fourth-order valence-electron chi connectivity index (χ4n) is 1.80. The Morgan fingerprint density at radius 2 is 1.78 bits per heavy atom. The summed E-state index contributed by atoms with van der Waals surface area (Å²) in [6.07, 6.45) is 2.01. The number of aromatic nitrogens is 1. The number of aromatic amines is 1. The Labute approximate surface area is 106 Å². The standard InChI is InChI=1S/C12H16BNO4/c1-11(2)12(3,4)18-13(17-11)9-5-6-14-10(16)8(9)7-15/h5-7H,1-4H3,(H,14,16). The molecule has 0 atom stereocenters. The molecule has 0 amide bonds. The third-order valence-electron chi connectivity index (χ3n) is 3.66. The first-order valence-corrected chi connectivity index (χ1v) is 5.81. The molecule has 1 aliphatic rings. The van der Waals surface area contributed by atoms with Crippen LogP contribution < -0.4 is 11.0 Å². The maximum atomic E-state index is 11.6. The molecule has 1 aromatic rings. The van der Waals surface area contributed by atoms with Crippen LogP contribution in [-0.4, -0.2) is 29.6 Å². The summed E-state index contributed by atoms with van der Waals surface area (Å²) >= 11 is 0. The van der Waals surface area contributed by atoms with Crippen LogP contribution in [-0.2, 0) is 9.31 Å². The molecule has 0 aliphatic carbocycles. The minimum absolute atomic E-state index is 0.0519. The summed E-state index contributed by atoms with van der Waals surface area (Å²) < 4.78 is 11.6. The van der Waals surface area contributed by atoms with Gasteiger partial charge in [-0.15, -0.1) is 0 Å². The van der Waals surface area contributed by atoms with Gasteiger partial charge in [-0.25, -0.2) is 0 Å². The van der Waals surface area contributed by atoms with Gasteiger partial charge in [0.1, 0.15) is 0 Å². The SMILES string of the molecule is CC1(C)OB(c2cc[nH]c(=O)c2C=O)OC1(C)C. The lowest BCUT2D eigenvalue weighted by Gasteiger charge is -2.32. The van der Waals surface area contributed by atoms with E-state index in [1.165, 1.54) is 6.20 Å². The van der Waals surface area contributed by atoms with Crippen molar-refractivity contribution in [1.29, 1.82) is 0 Å². The predicted octanol–water partition coefficient (Wildman–Crippen LogP) is 0.487. The Morgan fingerprint density at radius 1 is 1.22 bits per heavy atom. The minimum Gasteiger partial charge on any atom is -0.399 e. The second-order valence-corrected chi connectivity index (χ2v) is 5.38. The average Bonchev–Trinajstić information content (AvgIpc) is 2.47. The Kier molecular flexibility index (Phi) is 2.95. The summed E-state index contributed by atoms with van der Waals surface area (Å²) in [5.74, 6) is 0. The van der Waals surface area contributed by atoms with E-state index < -0.39 is 23.9 Å². The van der Waals surface area contributed by atoms with E-state index in [-0.39, 0.29) is 5.56 Å². The topological polar surface area (TPSA) is 68.4 Å². The third-order valence-corrected chi connectivity index (χ3v) is 3.66. The van der Waals surface area contributed by atoms with Crippen molar-refractivity contribution < 1.29 is 14.1 Å². The van der Waals surface area contributed by atoms with Crippen molar-refractivity contribution in [3.63, 3.8) is 0 Å². The number of H-pyrrole nitrogens is 1. The summed E-state index contributed by atoms with van der Waals surface area (Å²) in [6, 6.07) is 1.63. The molecule has 5 nitrogen and oxygen atoms in total. The van der Waals surface area contributed by atoms with Gasteiger partial charge in [-0.2, -0.15) is 0 Å². The monoisotopic (exact) mass is 249 g/mol. The van der Waals surface area contributed by atoms with Gasteiger partial charge in [0.2, 0.25) is 0 Å². The number of carbonyl (C=O) groups is 1. The van der Waals surface area contributed by atoms with Crippen molar-refractivity contribution in [1.82, 2.24) is 4.98 Å². The summed E-state index contributed by atoms with van der Waals surface area (Å²) in [5.41, 5.74) is -0.915. The zero-order valence-electron chi connectivity index (χ0n) is 10.9. The van der Waals surface area contributed by atoms with Crippen LogP contribution in [0.1, 0.15) is 38.1 Å². The molecule has 2 heterocycles. The van der Waals surface area contributed by atoms with Crippen LogP contribution >= 0.6 is 0 Å². The quantitative estimate of drug-likeness (QED) is 0.611. The zero-order valence-corrected chi connectivity index (χ0v) is 10.9. The molecule has 96 valence electrons. The lowest BCUT2D eigenvalue weighted by molar-refractivity contribution is 0.00578. The van der Waals surface area contributed by atoms with Gasteiger partial charge in [0.25, 0.3) is 5.56 Å². The number of rotatable bonds is 2. The largest absolute Gasteiger partial charge is 0.495 e. The summed E-state index contributed by atoms with van der Waals surface area (Å²) in [7, 11) is -0.697. The second-order valence-electron chi connectivity index (χ2n) is 5.38. The number of carbonyl (C=O) groups excluding carboxylic acids is 1. The molecule has 0 spiro atoms. The molecule has 0 bridgehead atoms. The van der Waals surface area contributed by atoms with E-state index >= 15 is 0 Å². The fourth-order valence-corrected chi connectivity index (χ4v) is 1.80. The summed E-state index contributed by atoms with van der Waals surface area (Å²) in [5, 5.41) is 0. The van der Waals surface area contributed by atoms with Gasteiger partial charge in [-0.3, -0.25) is 9.59 Å². The van der Waals surface area contributed by atoms with Crippen molar-refractivity contribution in [2.45, 2.75) is 38.9 Å². The highest BCUT2D eigenvalue weighted by Crippen LogP contribution is 2.36. The molecule has 1 saturated heterocycles. The highest BCUT2D eigenvalue weighted by atomic mass is 16.7. The first kappa shape index (κ1) is 13.0. The maximum Gasteiger partial charge on any atom is 0.495 e. The molecule has 0 aromatic carbocycles. The van der Waals surface area contributed by atoms with E-state index in [2.05, 4.69) is 4.98 Å². The normalized spacial score (nSPS) is 21.0. The Balaban J connectivity index is 2.45. The Hall–Kier alpha value is -1.40. The molecule has 1 fully saturated rings. The van der Waals surface area contributed by atoms with E-state index in [9.17, 15) is 9.59 Å². The summed E-state index contributed by atoms with van der Waals surface area (Å²) in [4.78, 5) is 25.0. The minimum atomic E-state index is -0.697. The van der Waals surface area contributed by atoms with Gasteiger partial charge in [0, 0.05) is 6.20 Å². The number of nitrogens with one attached hydrogen (secondary N) is 1. The number of aldehydes is 1. The number of pyridine rings is 1. The highest BCUT2D eigenvalue weighted by Gasteiger charge is 2.52. The molecule has 1 N–H and O–H groups in total. The van der Waals surface area contributed by atoms with Gasteiger partial charge in [0.05, 0.1) is 16.8 Å². The third kappa shape index (κ3) is 1.91. The highest BCUT2D eigenvalue weighted by molar-refractivity contribution is 6.63. The van der Waals surface area contributed by atoms with Crippen molar-refractivity contribution >= 4 is 18.9 Å². The molecule has 0 radical (unpaired) electrons. The van der Waals surface area contributed by atoms with Gasteiger partial charge in [-0.05, 0) is 39.2 Å². The Morgan fingerprint density at radius 3 is 2.28 bits per heavy atom. The van der Waals surface area contributed by atoms with Gasteiger partial charge in [-0.1, -0.05) is 0 Å². The molecular weight excluding hydrogens is 233 g/mol. The van der Waals surface area contributed by atoms with Crippen molar-refractivity contribution in [2.75, 3.05) is 0 Å². The number of hydrogen-bond donors (Lipinski definition) is 1. The fraction of sp³-hybridized carbons (Fsp3) is 0.500. The molecule has 6 heteroatoms. The smallest absolute Gasteiger partial charge is 0.399 e. The van der Waals surface area contributed by atoms with Crippen molar-refractivity contribution in [3.05, 3.63) is 28.2 Å². The molecule has 2 rings (SSSR count). The van der Waals surface area contributed by atoms with Gasteiger partial charge in [0.15, 0.2) is 6.29 Å². The average molecular weight is 249 g/mol. The van der Waals surface area contributed by atoms with Crippen LogP contribution in [0.15, 0.2) is 17.1 Å². The molecule has 1 aliphatic heterocycles. The molecule has 18 heavy (non-hydrogen) atoms. The molecule has 1 aromatic heterocycles. The second kappa shape index (κ2) is 4.07. The Bertz CT molecular complexity index is 519. The number of hydrogen-bond acceptors (Lipinski definition) is 4. The zero-order chi connectivity index (χ0) is 13.6. The van der Waals surface area contributed by atoms with Crippen LogP contribution in [0.5, 0.6) is 0 Å². The van der Waals surface area contributed by atoms with E-state index in [0.29, 0.717) is 11.7 Å². The van der Waals surface area contributed by atoms with Gasteiger partial charge >= 0.3 is 7.12 Å². The summed E-state index contributed by atoms with van der Waals surface area (Å²) in [6.45, 7) is 7.67. The van der Waals surface area contributed by atoms with Crippen LogP contribution in [0, 0.1) is 0 Å². The van der Waals surface area contributed by atoms with E-state index in [4.69, 9.17) is 9.31 Å². The maximum absolute atomic E-state index is 11.6. The van der Waals surface area contributed by atoms with Crippen LogP contribution in [0.3, 0.4) is 0 Å². The first-order valence-electron chi connectivity index (χ1n) is 5.81. The van der Waals surface area contributed by atoms with Crippen LogP contribution in [0.4, 0.5) is 0 Å². The van der Waals surface area contributed by atoms with Gasteiger partial charge < -0.3 is 14.3 Å². The molecular formula is C12H16BNO4. The van der Waals surface area contributed by atoms with Crippen LogP contribution in [0.2, 0.25) is 0 Å². The lowest BCUT2D eigenvalue weighted by Crippen LogP contribution is -2.41. The van der Waals surface area contributed by atoms with Crippen LogP contribution in [0.25, 0.3) is 0 Å². The van der Waals surface area contributed by atoms with Crippen molar-refractivity contribution in [3.8, 4) is 0 Å². The molecule has 0 unspecified atom stereocenters. The van der Waals surface area contributed by atoms with E-state index in [1.807, 2.05) is 27.7 Å². The van der Waals surface area contributed by atoms with E-state index in [0.717, 1.165) is 0 Å². The lowest BCUT2D eigenvalue weighted by atomic mass is 9.77. The molecule has 0 saturated carbocycles. The predicted molar refractivity (Wildman–Crippen MR) is 68.2 cm³/mol.